The summed E-state index contributed by atoms with van der Waals surface area (Å²) in [6.45, 7) is 6.67. The number of aliphatic hydroxyl groups is 1. The molecule has 0 radical (unpaired) electrons. The van der Waals surface area contributed by atoms with Crippen LogP contribution in [0.3, 0.4) is 0 Å². The maximum absolute atomic E-state index is 11.9. The van der Waals surface area contributed by atoms with E-state index in [1.165, 1.54) is 10.8 Å². The Hall–Kier alpha value is -1.93. The third kappa shape index (κ3) is 3.89. The smallest absolute Gasteiger partial charge is 0.330 e. The molecule has 0 aliphatic carbocycles. The molecular formula is C15H22N2O6. The van der Waals surface area contributed by atoms with Crippen LogP contribution in [-0.4, -0.2) is 39.4 Å². The van der Waals surface area contributed by atoms with E-state index < -0.39 is 41.1 Å². The van der Waals surface area contributed by atoms with Crippen molar-refractivity contribution in [3.8, 4) is 0 Å². The normalized spacial score (nSPS) is 24.7. The molecule has 0 saturated carbocycles. The molecule has 0 amide bonds. The van der Waals surface area contributed by atoms with Crippen LogP contribution in [0, 0.1) is 12.3 Å². The number of aliphatic hydroxyl groups excluding tert-OH is 1. The molecule has 2 N–H and O–H groups in total. The van der Waals surface area contributed by atoms with Gasteiger partial charge in [-0.1, -0.05) is 0 Å². The molecule has 1 aliphatic rings. The number of hydrogen-bond donors (Lipinski definition) is 2. The Morgan fingerprint density at radius 1 is 1.48 bits per heavy atom. The summed E-state index contributed by atoms with van der Waals surface area (Å²) in [7, 11) is 0. The van der Waals surface area contributed by atoms with E-state index in [9.17, 15) is 19.5 Å². The molecule has 0 spiro atoms. The third-order valence-corrected chi connectivity index (χ3v) is 3.65. The third-order valence-electron chi connectivity index (χ3n) is 3.65. The molecule has 1 aromatic heterocycles. The zero-order chi connectivity index (χ0) is 17.4. The highest BCUT2D eigenvalue weighted by Crippen LogP contribution is 2.28. The lowest BCUT2D eigenvalue weighted by Crippen LogP contribution is -2.34. The molecule has 2 rings (SSSR count). The van der Waals surface area contributed by atoms with Crippen LogP contribution in [0.5, 0.6) is 0 Å². The van der Waals surface area contributed by atoms with E-state index in [-0.39, 0.29) is 13.0 Å². The van der Waals surface area contributed by atoms with Gasteiger partial charge in [0.1, 0.15) is 18.9 Å². The monoisotopic (exact) mass is 326 g/mol. The predicted octanol–water partition coefficient (Wildman–Crippen LogP) is 0.0827. The number of aromatic amines is 1. The molecule has 1 aromatic rings. The lowest BCUT2D eigenvalue weighted by atomic mass is 9.97. The van der Waals surface area contributed by atoms with Crippen molar-refractivity contribution in [2.24, 2.45) is 5.41 Å². The molecule has 8 nitrogen and oxygen atoms in total. The van der Waals surface area contributed by atoms with Crippen molar-refractivity contribution >= 4 is 5.97 Å². The minimum atomic E-state index is -0.869. The number of aryl methyl sites for hydroxylation is 1. The molecular weight excluding hydrogens is 304 g/mol. The Morgan fingerprint density at radius 3 is 2.74 bits per heavy atom. The summed E-state index contributed by atoms with van der Waals surface area (Å²) in [6.07, 6.45) is -0.741. The molecule has 0 aromatic carbocycles. The number of aromatic nitrogens is 2. The van der Waals surface area contributed by atoms with E-state index in [0.717, 1.165) is 0 Å². The van der Waals surface area contributed by atoms with E-state index in [2.05, 4.69) is 4.98 Å². The summed E-state index contributed by atoms with van der Waals surface area (Å²) in [5.74, 6) is -0.395. The molecule has 1 saturated heterocycles. The molecule has 8 heteroatoms. The molecule has 0 unspecified atom stereocenters. The highest BCUT2D eigenvalue weighted by molar-refractivity contribution is 5.75. The van der Waals surface area contributed by atoms with Crippen LogP contribution in [0.1, 0.15) is 39.0 Å². The van der Waals surface area contributed by atoms with Crippen molar-refractivity contribution in [1.82, 2.24) is 9.55 Å². The fraction of sp³-hybridized carbons (Fsp3) is 0.667. The zero-order valence-corrected chi connectivity index (χ0v) is 13.7. The van der Waals surface area contributed by atoms with Gasteiger partial charge < -0.3 is 14.6 Å². The summed E-state index contributed by atoms with van der Waals surface area (Å²) in [4.78, 5) is 37.2. The molecule has 0 bridgehead atoms. The highest BCUT2D eigenvalue weighted by Gasteiger charge is 2.37. The molecule has 1 aliphatic heterocycles. The van der Waals surface area contributed by atoms with E-state index in [1.807, 2.05) is 0 Å². The van der Waals surface area contributed by atoms with E-state index in [4.69, 9.17) is 9.47 Å². The Kier molecular flexibility index (Phi) is 4.76. The number of ether oxygens (including phenoxy) is 2. The summed E-state index contributed by atoms with van der Waals surface area (Å²) >= 11 is 0. The zero-order valence-electron chi connectivity index (χ0n) is 13.7. The van der Waals surface area contributed by atoms with Crippen LogP contribution < -0.4 is 11.2 Å². The molecule has 23 heavy (non-hydrogen) atoms. The van der Waals surface area contributed by atoms with Crippen molar-refractivity contribution < 1.29 is 19.4 Å². The fourth-order valence-electron chi connectivity index (χ4n) is 2.21. The molecule has 128 valence electrons. The number of carbonyl (C=O) groups excluding carboxylic acids is 1. The van der Waals surface area contributed by atoms with Gasteiger partial charge in [-0.25, -0.2) is 4.79 Å². The maximum Gasteiger partial charge on any atom is 0.330 e. The van der Waals surface area contributed by atoms with Crippen LogP contribution in [0.15, 0.2) is 15.8 Å². The largest absolute Gasteiger partial charge is 0.462 e. The Morgan fingerprint density at radius 2 is 2.13 bits per heavy atom. The highest BCUT2D eigenvalue weighted by atomic mass is 16.6. The minimum absolute atomic E-state index is 0.0924. The molecule has 3 atom stereocenters. The quantitative estimate of drug-likeness (QED) is 0.761. The topological polar surface area (TPSA) is 111 Å². The van der Waals surface area contributed by atoms with Gasteiger partial charge in [-0.2, -0.15) is 0 Å². The van der Waals surface area contributed by atoms with Crippen LogP contribution in [0.2, 0.25) is 0 Å². The van der Waals surface area contributed by atoms with Gasteiger partial charge in [0.2, 0.25) is 0 Å². The van der Waals surface area contributed by atoms with Crippen LogP contribution in [0.4, 0.5) is 0 Å². The van der Waals surface area contributed by atoms with Crippen LogP contribution in [-0.2, 0) is 14.3 Å². The first-order valence-corrected chi connectivity index (χ1v) is 7.42. The van der Waals surface area contributed by atoms with Crippen molar-refractivity contribution in [3.05, 3.63) is 32.6 Å². The Bertz CT molecular complexity index is 699. The SMILES string of the molecule is Cc1cn([C@H]2C[C@@H](O)[C@H](COC(=O)C(C)(C)C)O2)c(=O)[nH]c1=O. The van der Waals surface area contributed by atoms with E-state index >= 15 is 0 Å². The summed E-state index contributed by atoms with van der Waals surface area (Å²) in [6, 6.07) is 0. The first kappa shape index (κ1) is 17.4. The fourth-order valence-corrected chi connectivity index (χ4v) is 2.21. The summed E-state index contributed by atoms with van der Waals surface area (Å²) in [5.41, 5.74) is -1.34. The van der Waals surface area contributed by atoms with Gasteiger partial charge in [0.05, 0.1) is 11.5 Å². The maximum atomic E-state index is 11.9. The Balaban J connectivity index is 2.07. The lowest BCUT2D eigenvalue weighted by molar-refractivity contribution is -0.159. The van der Waals surface area contributed by atoms with Gasteiger partial charge in [0, 0.05) is 18.2 Å². The molecule has 2 heterocycles. The van der Waals surface area contributed by atoms with Gasteiger partial charge in [-0.05, 0) is 27.7 Å². The van der Waals surface area contributed by atoms with E-state index in [1.54, 1.807) is 27.7 Å². The van der Waals surface area contributed by atoms with Gasteiger partial charge in [-0.15, -0.1) is 0 Å². The first-order valence-electron chi connectivity index (χ1n) is 7.42. The number of nitrogens with zero attached hydrogens (tertiary/aromatic N) is 1. The lowest BCUT2D eigenvalue weighted by Gasteiger charge is -2.20. The number of carbonyl (C=O) groups is 1. The summed E-state index contributed by atoms with van der Waals surface area (Å²) in [5, 5.41) is 10.0. The number of esters is 1. The van der Waals surface area contributed by atoms with Crippen molar-refractivity contribution in [1.29, 1.82) is 0 Å². The van der Waals surface area contributed by atoms with Gasteiger partial charge in [0.25, 0.3) is 5.56 Å². The van der Waals surface area contributed by atoms with Gasteiger partial charge >= 0.3 is 11.7 Å². The molecule has 1 fully saturated rings. The number of nitrogens with one attached hydrogen (secondary N) is 1. The number of rotatable bonds is 3. The number of H-pyrrole nitrogens is 1. The summed E-state index contributed by atoms with van der Waals surface area (Å²) < 4.78 is 12.0. The predicted molar refractivity (Wildman–Crippen MR) is 81.0 cm³/mol. The second-order valence-electron chi connectivity index (χ2n) is 6.76. The van der Waals surface area contributed by atoms with Gasteiger partial charge in [0.15, 0.2) is 0 Å². The second-order valence-corrected chi connectivity index (χ2v) is 6.76. The van der Waals surface area contributed by atoms with Gasteiger partial charge in [-0.3, -0.25) is 19.1 Å². The Labute approximate surface area is 133 Å². The number of hydrogen-bond acceptors (Lipinski definition) is 6. The van der Waals surface area contributed by atoms with Crippen molar-refractivity contribution in [2.45, 2.75) is 52.6 Å². The first-order chi connectivity index (χ1) is 10.6. The van der Waals surface area contributed by atoms with Crippen LogP contribution >= 0.6 is 0 Å². The van der Waals surface area contributed by atoms with Crippen LogP contribution in [0.25, 0.3) is 0 Å². The minimum Gasteiger partial charge on any atom is -0.462 e. The average Bonchev–Trinajstić information content (AvgIpc) is 2.80. The van der Waals surface area contributed by atoms with Crippen molar-refractivity contribution in [3.63, 3.8) is 0 Å². The van der Waals surface area contributed by atoms with Crippen molar-refractivity contribution in [2.75, 3.05) is 6.61 Å². The van der Waals surface area contributed by atoms with E-state index in [0.29, 0.717) is 5.56 Å². The second kappa shape index (κ2) is 6.29. The standard InChI is InChI=1S/C15H22N2O6/c1-8-6-17(14(21)16-12(8)19)11-5-9(18)10(23-11)7-22-13(20)15(2,3)4/h6,9-11,18H,5,7H2,1-4H3,(H,16,19,21)/t9-,10+,11-/m1/s1. The average molecular weight is 326 g/mol.